The molecule has 3 aliphatic heterocycles. The van der Waals surface area contributed by atoms with Crippen LogP contribution in [0.25, 0.3) is 0 Å². The summed E-state index contributed by atoms with van der Waals surface area (Å²) < 4.78 is 11.7. The van der Waals surface area contributed by atoms with E-state index in [0.717, 1.165) is 57.9 Å². The van der Waals surface area contributed by atoms with Gasteiger partial charge in [0.1, 0.15) is 0 Å². The van der Waals surface area contributed by atoms with Crippen LogP contribution < -0.4 is 0 Å². The SMILES string of the molecule is CC(C)CCN1C(=O)CCC2(C(=O)N3CCC4(CC3)OCCO4)CCCCC12. The van der Waals surface area contributed by atoms with Gasteiger partial charge in [-0.25, -0.2) is 0 Å². The molecule has 4 aliphatic rings. The van der Waals surface area contributed by atoms with E-state index in [2.05, 4.69) is 18.7 Å². The first-order valence-corrected chi connectivity index (χ1v) is 11.3. The van der Waals surface area contributed by atoms with E-state index < -0.39 is 5.79 Å². The molecule has 0 aromatic carbocycles. The third-order valence-electron chi connectivity index (χ3n) is 7.47. The first-order valence-electron chi connectivity index (χ1n) is 11.3. The van der Waals surface area contributed by atoms with Gasteiger partial charge in [0, 0.05) is 44.9 Å². The summed E-state index contributed by atoms with van der Waals surface area (Å²) >= 11 is 0. The third-order valence-corrected chi connectivity index (χ3v) is 7.47. The van der Waals surface area contributed by atoms with Crippen molar-refractivity contribution in [2.75, 3.05) is 32.8 Å². The van der Waals surface area contributed by atoms with Gasteiger partial charge in [-0.2, -0.15) is 0 Å². The number of fused-ring (bicyclic) bond motifs is 1. The highest BCUT2D eigenvalue weighted by Crippen LogP contribution is 2.48. The number of amides is 2. The van der Waals surface area contributed by atoms with E-state index in [9.17, 15) is 9.59 Å². The van der Waals surface area contributed by atoms with Crippen molar-refractivity contribution >= 4 is 11.8 Å². The van der Waals surface area contributed by atoms with Crippen molar-refractivity contribution in [2.45, 2.75) is 83.5 Å². The Morgan fingerprint density at radius 1 is 1.11 bits per heavy atom. The molecule has 1 saturated carbocycles. The Labute approximate surface area is 168 Å². The zero-order valence-corrected chi connectivity index (χ0v) is 17.6. The summed E-state index contributed by atoms with van der Waals surface area (Å²) in [6, 6.07) is 0.0867. The summed E-state index contributed by atoms with van der Waals surface area (Å²) in [6.07, 6.45) is 7.88. The van der Waals surface area contributed by atoms with E-state index in [1.54, 1.807) is 0 Å². The van der Waals surface area contributed by atoms with E-state index in [-0.39, 0.29) is 23.3 Å². The van der Waals surface area contributed by atoms with Gasteiger partial charge >= 0.3 is 0 Å². The Bertz CT molecular complexity index is 591. The van der Waals surface area contributed by atoms with E-state index >= 15 is 0 Å². The average molecular weight is 393 g/mol. The summed E-state index contributed by atoms with van der Waals surface area (Å²) in [5.74, 6) is 0.647. The summed E-state index contributed by atoms with van der Waals surface area (Å²) in [4.78, 5) is 30.7. The van der Waals surface area contributed by atoms with Crippen LogP contribution in [0.4, 0.5) is 0 Å². The minimum atomic E-state index is -0.452. The second-order valence-electron chi connectivity index (χ2n) is 9.59. The van der Waals surface area contributed by atoms with E-state index in [1.807, 2.05) is 4.90 Å². The van der Waals surface area contributed by atoms with Crippen LogP contribution in [0.15, 0.2) is 0 Å². The molecule has 0 bridgehead atoms. The summed E-state index contributed by atoms with van der Waals surface area (Å²) in [7, 11) is 0. The molecule has 3 saturated heterocycles. The lowest BCUT2D eigenvalue weighted by molar-refractivity contribution is -0.193. The molecule has 2 unspecified atom stereocenters. The van der Waals surface area contributed by atoms with Crippen LogP contribution in [0.3, 0.4) is 0 Å². The number of ether oxygens (including phenoxy) is 2. The van der Waals surface area contributed by atoms with Gasteiger partial charge in [0.25, 0.3) is 0 Å². The topological polar surface area (TPSA) is 59.1 Å². The monoisotopic (exact) mass is 392 g/mol. The molecule has 1 spiro atoms. The van der Waals surface area contributed by atoms with Gasteiger partial charge in [-0.1, -0.05) is 26.7 Å². The highest BCUT2D eigenvalue weighted by Gasteiger charge is 2.55. The number of hydrogen-bond donors (Lipinski definition) is 0. The molecule has 3 heterocycles. The van der Waals surface area contributed by atoms with Crippen LogP contribution >= 0.6 is 0 Å². The predicted octanol–water partition coefficient (Wildman–Crippen LogP) is 2.95. The standard InChI is InChI=1S/C22H36N2O4/c1-17(2)7-12-24-18-5-3-4-8-21(18,9-6-19(24)25)20(26)23-13-10-22(11-14-23)27-15-16-28-22/h17-18H,3-16H2,1-2H3. The predicted molar refractivity (Wildman–Crippen MR) is 106 cm³/mol. The van der Waals surface area contributed by atoms with E-state index in [1.165, 1.54) is 0 Å². The molecule has 1 aliphatic carbocycles. The van der Waals surface area contributed by atoms with Crippen LogP contribution in [0, 0.1) is 11.3 Å². The minimum absolute atomic E-state index is 0.0867. The van der Waals surface area contributed by atoms with E-state index in [4.69, 9.17) is 9.47 Å². The maximum Gasteiger partial charge on any atom is 0.230 e. The minimum Gasteiger partial charge on any atom is -0.347 e. The maximum atomic E-state index is 13.8. The number of likely N-dealkylation sites (tertiary alicyclic amines) is 2. The molecular weight excluding hydrogens is 356 g/mol. The Kier molecular flexibility index (Phi) is 5.71. The van der Waals surface area contributed by atoms with Gasteiger partial charge in [0.15, 0.2) is 5.79 Å². The molecule has 6 heteroatoms. The fourth-order valence-corrected chi connectivity index (χ4v) is 5.80. The molecule has 0 N–H and O–H groups in total. The maximum absolute atomic E-state index is 13.8. The van der Waals surface area contributed by atoms with Gasteiger partial charge in [-0.05, 0) is 31.6 Å². The average Bonchev–Trinajstić information content (AvgIpc) is 3.15. The van der Waals surface area contributed by atoms with Gasteiger partial charge in [0.05, 0.1) is 18.6 Å². The normalized spacial score (nSPS) is 32.8. The van der Waals surface area contributed by atoms with Crippen LogP contribution in [-0.4, -0.2) is 66.3 Å². The molecule has 2 atom stereocenters. The molecule has 4 fully saturated rings. The van der Waals surface area contributed by atoms with Crippen LogP contribution in [-0.2, 0) is 19.1 Å². The lowest BCUT2D eigenvalue weighted by Gasteiger charge is -2.53. The lowest BCUT2D eigenvalue weighted by Crippen LogP contribution is -2.63. The van der Waals surface area contributed by atoms with Crippen molar-refractivity contribution in [3.63, 3.8) is 0 Å². The second kappa shape index (κ2) is 7.94. The highest BCUT2D eigenvalue weighted by atomic mass is 16.7. The van der Waals surface area contributed by atoms with Crippen molar-refractivity contribution in [1.29, 1.82) is 0 Å². The van der Waals surface area contributed by atoms with E-state index in [0.29, 0.717) is 38.6 Å². The zero-order chi connectivity index (χ0) is 19.8. The van der Waals surface area contributed by atoms with Crippen LogP contribution in [0.1, 0.15) is 71.6 Å². The Balaban J connectivity index is 1.50. The van der Waals surface area contributed by atoms with Crippen LogP contribution in [0.2, 0.25) is 0 Å². The smallest absolute Gasteiger partial charge is 0.230 e. The Hall–Kier alpha value is -1.14. The molecule has 0 aromatic rings. The first kappa shape index (κ1) is 20.1. The van der Waals surface area contributed by atoms with Crippen molar-refractivity contribution in [3.05, 3.63) is 0 Å². The molecule has 28 heavy (non-hydrogen) atoms. The van der Waals surface area contributed by atoms with Crippen molar-refractivity contribution < 1.29 is 19.1 Å². The molecule has 158 valence electrons. The third kappa shape index (κ3) is 3.58. The van der Waals surface area contributed by atoms with Gasteiger partial charge in [0.2, 0.25) is 11.8 Å². The lowest BCUT2D eigenvalue weighted by atomic mass is 9.63. The zero-order valence-electron chi connectivity index (χ0n) is 17.6. The fraction of sp³-hybridized carbons (Fsp3) is 0.909. The molecule has 2 amide bonds. The van der Waals surface area contributed by atoms with Crippen molar-refractivity contribution in [1.82, 2.24) is 9.80 Å². The number of rotatable bonds is 4. The second-order valence-corrected chi connectivity index (χ2v) is 9.59. The molecule has 0 radical (unpaired) electrons. The summed E-state index contributed by atoms with van der Waals surface area (Å²) in [5, 5.41) is 0. The van der Waals surface area contributed by atoms with Gasteiger partial charge in [-0.3, -0.25) is 9.59 Å². The van der Waals surface area contributed by atoms with Crippen molar-refractivity contribution in [3.8, 4) is 0 Å². The highest BCUT2D eigenvalue weighted by molar-refractivity contribution is 5.88. The fourth-order valence-electron chi connectivity index (χ4n) is 5.80. The quantitative estimate of drug-likeness (QED) is 0.738. The van der Waals surface area contributed by atoms with Crippen LogP contribution in [0.5, 0.6) is 0 Å². The number of hydrogen-bond acceptors (Lipinski definition) is 4. The summed E-state index contributed by atoms with van der Waals surface area (Å²) in [5.41, 5.74) is -0.370. The Morgan fingerprint density at radius 2 is 1.82 bits per heavy atom. The first-order chi connectivity index (χ1) is 13.5. The molecular formula is C22H36N2O4. The number of piperidine rings is 2. The number of nitrogens with zero attached hydrogens (tertiary/aromatic N) is 2. The molecule has 6 nitrogen and oxygen atoms in total. The molecule has 4 rings (SSSR count). The van der Waals surface area contributed by atoms with Gasteiger partial charge in [-0.15, -0.1) is 0 Å². The molecule has 0 aromatic heterocycles. The number of carbonyl (C=O) groups excluding carboxylic acids is 2. The summed E-state index contributed by atoms with van der Waals surface area (Å²) in [6.45, 7) is 7.91. The largest absolute Gasteiger partial charge is 0.347 e. The van der Waals surface area contributed by atoms with Crippen molar-refractivity contribution in [2.24, 2.45) is 11.3 Å². The number of carbonyl (C=O) groups is 2. The van der Waals surface area contributed by atoms with Gasteiger partial charge < -0.3 is 19.3 Å². The Morgan fingerprint density at radius 3 is 2.50 bits per heavy atom.